The summed E-state index contributed by atoms with van der Waals surface area (Å²) in [5.41, 5.74) is 5.94. The van der Waals surface area contributed by atoms with Gasteiger partial charge < -0.3 is 16.0 Å². The second-order valence-electron chi connectivity index (χ2n) is 5.76. The summed E-state index contributed by atoms with van der Waals surface area (Å²) in [7, 11) is 2.16. The van der Waals surface area contributed by atoms with Crippen LogP contribution in [-0.4, -0.2) is 43.5 Å². The van der Waals surface area contributed by atoms with Crippen LogP contribution in [-0.2, 0) is 4.79 Å². The molecule has 2 rings (SSSR count). The summed E-state index contributed by atoms with van der Waals surface area (Å²) >= 11 is 0. The third kappa shape index (κ3) is 4.28. The molecule has 3 N–H and O–H groups in total. The molecule has 0 aromatic heterocycles. The summed E-state index contributed by atoms with van der Waals surface area (Å²) in [5.74, 6) is 1.42. The summed E-state index contributed by atoms with van der Waals surface area (Å²) in [6.45, 7) is 3.15. The Labute approximate surface area is 104 Å². The summed E-state index contributed by atoms with van der Waals surface area (Å²) in [5, 5.41) is 3.04. The fourth-order valence-corrected chi connectivity index (χ4v) is 2.50. The number of piperidine rings is 1. The number of rotatable bonds is 5. The first-order valence-corrected chi connectivity index (χ1v) is 6.86. The lowest BCUT2D eigenvalue weighted by Crippen LogP contribution is -2.39. The van der Waals surface area contributed by atoms with Crippen molar-refractivity contribution in [3.8, 4) is 0 Å². The topological polar surface area (TPSA) is 58.4 Å². The molecule has 4 nitrogen and oxygen atoms in total. The molecule has 4 heteroatoms. The van der Waals surface area contributed by atoms with Crippen LogP contribution in [0.4, 0.5) is 0 Å². The van der Waals surface area contributed by atoms with E-state index in [9.17, 15) is 4.79 Å². The van der Waals surface area contributed by atoms with Gasteiger partial charge in [0.15, 0.2) is 0 Å². The first-order valence-electron chi connectivity index (χ1n) is 6.86. The van der Waals surface area contributed by atoms with E-state index in [-0.39, 0.29) is 11.9 Å². The maximum Gasteiger partial charge on any atom is 0.221 e. The van der Waals surface area contributed by atoms with Crippen LogP contribution in [0, 0.1) is 11.8 Å². The first kappa shape index (κ1) is 12.8. The average Bonchev–Trinajstić information content (AvgIpc) is 3.12. The molecule has 1 unspecified atom stereocenters. The van der Waals surface area contributed by atoms with E-state index in [1.807, 2.05) is 0 Å². The van der Waals surface area contributed by atoms with E-state index < -0.39 is 0 Å². The highest BCUT2D eigenvalue weighted by Gasteiger charge is 2.29. The van der Waals surface area contributed by atoms with Gasteiger partial charge in [0.25, 0.3) is 0 Å². The zero-order chi connectivity index (χ0) is 12.3. The van der Waals surface area contributed by atoms with Gasteiger partial charge in [-0.3, -0.25) is 4.79 Å². The molecule has 0 radical (unpaired) electrons. The number of hydrogen-bond acceptors (Lipinski definition) is 3. The third-order valence-corrected chi connectivity index (χ3v) is 4.07. The molecule has 1 heterocycles. The zero-order valence-corrected chi connectivity index (χ0v) is 10.8. The average molecular weight is 239 g/mol. The van der Waals surface area contributed by atoms with Gasteiger partial charge in [-0.1, -0.05) is 0 Å². The standard InChI is InChI=1S/C13H25N3O/c1-16-6-4-10(5-7-16)9-15-13(17)8-12(14)11-2-3-11/h10-12H,2-9,14H2,1H3,(H,15,17). The monoisotopic (exact) mass is 239 g/mol. The van der Waals surface area contributed by atoms with E-state index >= 15 is 0 Å². The van der Waals surface area contributed by atoms with Crippen LogP contribution in [0.15, 0.2) is 0 Å². The fourth-order valence-electron chi connectivity index (χ4n) is 2.50. The Hall–Kier alpha value is -0.610. The first-order chi connectivity index (χ1) is 8.15. The number of carbonyl (C=O) groups excluding carboxylic acids is 1. The molecule has 1 saturated carbocycles. The number of carbonyl (C=O) groups is 1. The van der Waals surface area contributed by atoms with E-state index in [0.717, 1.165) is 19.6 Å². The van der Waals surface area contributed by atoms with Crippen LogP contribution in [0.3, 0.4) is 0 Å². The molecule has 2 fully saturated rings. The van der Waals surface area contributed by atoms with Crippen molar-refractivity contribution in [1.82, 2.24) is 10.2 Å². The summed E-state index contributed by atoms with van der Waals surface area (Å²) in [6.07, 6.45) is 5.33. The van der Waals surface area contributed by atoms with Gasteiger partial charge in [-0.15, -0.1) is 0 Å². The molecule has 1 atom stereocenters. The smallest absolute Gasteiger partial charge is 0.221 e. The lowest BCUT2D eigenvalue weighted by Gasteiger charge is -2.29. The van der Waals surface area contributed by atoms with Crippen LogP contribution >= 0.6 is 0 Å². The van der Waals surface area contributed by atoms with Crippen molar-refractivity contribution >= 4 is 5.91 Å². The van der Waals surface area contributed by atoms with Crippen molar-refractivity contribution in [2.45, 2.75) is 38.1 Å². The number of nitrogens with zero attached hydrogens (tertiary/aromatic N) is 1. The second-order valence-corrected chi connectivity index (χ2v) is 5.76. The lowest BCUT2D eigenvalue weighted by atomic mass is 9.97. The van der Waals surface area contributed by atoms with Crippen LogP contribution in [0.25, 0.3) is 0 Å². The Morgan fingerprint density at radius 2 is 2.00 bits per heavy atom. The Morgan fingerprint density at radius 3 is 2.59 bits per heavy atom. The molecule has 17 heavy (non-hydrogen) atoms. The molecule has 0 bridgehead atoms. The maximum absolute atomic E-state index is 11.7. The van der Waals surface area contributed by atoms with E-state index in [1.54, 1.807) is 0 Å². The van der Waals surface area contributed by atoms with E-state index in [2.05, 4.69) is 17.3 Å². The molecule has 98 valence electrons. The number of likely N-dealkylation sites (tertiary alicyclic amines) is 1. The number of amides is 1. The fraction of sp³-hybridized carbons (Fsp3) is 0.923. The van der Waals surface area contributed by atoms with E-state index in [0.29, 0.717) is 18.3 Å². The predicted molar refractivity (Wildman–Crippen MR) is 68.5 cm³/mol. The van der Waals surface area contributed by atoms with E-state index in [4.69, 9.17) is 5.73 Å². The van der Waals surface area contributed by atoms with Crippen molar-refractivity contribution in [2.75, 3.05) is 26.7 Å². The largest absolute Gasteiger partial charge is 0.356 e. The third-order valence-electron chi connectivity index (χ3n) is 4.07. The molecule has 2 aliphatic rings. The Kier molecular flexibility index (Phi) is 4.40. The minimum Gasteiger partial charge on any atom is -0.356 e. The van der Waals surface area contributed by atoms with Gasteiger partial charge in [0.05, 0.1) is 0 Å². The van der Waals surface area contributed by atoms with Gasteiger partial charge in [0.1, 0.15) is 0 Å². The van der Waals surface area contributed by atoms with E-state index in [1.165, 1.54) is 25.7 Å². The molecular formula is C13H25N3O. The Bertz CT molecular complexity index is 257. The Balaban J connectivity index is 1.59. The molecule has 1 saturated heterocycles. The minimum atomic E-state index is 0.0903. The van der Waals surface area contributed by atoms with Crippen molar-refractivity contribution < 1.29 is 4.79 Å². The molecule has 0 spiro atoms. The molecule has 0 aromatic carbocycles. The predicted octanol–water partition coefficient (Wildman–Crippen LogP) is 0.572. The van der Waals surface area contributed by atoms with Crippen LogP contribution < -0.4 is 11.1 Å². The van der Waals surface area contributed by atoms with Gasteiger partial charge in [-0.05, 0) is 57.7 Å². The summed E-state index contributed by atoms with van der Waals surface area (Å²) in [6, 6.07) is 0.0903. The molecule has 1 amide bonds. The molecular weight excluding hydrogens is 214 g/mol. The van der Waals surface area contributed by atoms with Gasteiger partial charge in [0, 0.05) is 19.0 Å². The van der Waals surface area contributed by atoms with Gasteiger partial charge >= 0.3 is 0 Å². The van der Waals surface area contributed by atoms with Crippen LogP contribution in [0.5, 0.6) is 0 Å². The highest BCUT2D eigenvalue weighted by atomic mass is 16.1. The van der Waals surface area contributed by atoms with Gasteiger partial charge in [-0.2, -0.15) is 0 Å². The van der Waals surface area contributed by atoms with Crippen molar-refractivity contribution in [2.24, 2.45) is 17.6 Å². The summed E-state index contributed by atoms with van der Waals surface area (Å²) in [4.78, 5) is 14.0. The highest BCUT2D eigenvalue weighted by molar-refractivity contribution is 5.76. The molecule has 1 aliphatic heterocycles. The number of nitrogens with one attached hydrogen (secondary N) is 1. The Morgan fingerprint density at radius 1 is 1.35 bits per heavy atom. The second kappa shape index (κ2) is 5.83. The highest BCUT2D eigenvalue weighted by Crippen LogP contribution is 2.32. The van der Waals surface area contributed by atoms with Gasteiger partial charge in [-0.25, -0.2) is 0 Å². The number of hydrogen-bond donors (Lipinski definition) is 2. The van der Waals surface area contributed by atoms with Gasteiger partial charge in [0.2, 0.25) is 5.91 Å². The normalized spacial score (nSPS) is 24.6. The summed E-state index contributed by atoms with van der Waals surface area (Å²) < 4.78 is 0. The quantitative estimate of drug-likeness (QED) is 0.737. The van der Waals surface area contributed by atoms with Crippen molar-refractivity contribution in [3.05, 3.63) is 0 Å². The maximum atomic E-state index is 11.7. The lowest BCUT2D eigenvalue weighted by molar-refractivity contribution is -0.121. The van der Waals surface area contributed by atoms with Crippen molar-refractivity contribution in [1.29, 1.82) is 0 Å². The zero-order valence-electron chi connectivity index (χ0n) is 10.8. The van der Waals surface area contributed by atoms with Crippen LogP contribution in [0.1, 0.15) is 32.1 Å². The van der Waals surface area contributed by atoms with Crippen LogP contribution in [0.2, 0.25) is 0 Å². The van der Waals surface area contributed by atoms with Crippen molar-refractivity contribution in [3.63, 3.8) is 0 Å². The molecule has 0 aromatic rings. The number of nitrogens with two attached hydrogens (primary N) is 1. The molecule has 1 aliphatic carbocycles. The minimum absolute atomic E-state index is 0.0903. The SMILES string of the molecule is CN1CCC(CNC(=O)CC(N)C2CC2)CC1.